The molecule has 1 aromatic carbocycles. The van der Waals surface area contributed by atoms with Gasteiger partial charge in [-0.25, -0.2) is 8.42 Å². The highest BCUT2D eigenvalue weighted by molar-refractivity contribution is 7.92. The number of piperidine rings is 1. The van der Waals surface area contributed by atoms with E-state index >= 15 is 0 Å². The molecule has 9 nitrogen and oxygen atoms in total. The Bertz CT molecular complexity index is 1110. The summed E-state index contributed by atoms with van der Waals surface area (Å²) < 4.78 is 25.5. The van der Waals surface area contributed by atoms with Crippen LogP contribution in [0.5, 0.6) is 0 Å². The highest BCUT2D eigenvalue weighted by atomic mass is 32.2. The number of rotatable bonds is 5. The lowest BCUT2D eigenvalue weighted by Crippen LogP contribution is -2.42. The summed E-state index contributed by atoms with van der Waals surface area (Å²) in [6.45, 7) is 2.64. The Labute approximate surface area is 194 Å². The molecule has 1 aromatic heterocycles. The van der Waals surface area contributed by atoms with Crippen molar-refractivity contribution in [2.75, 3.05) is 47.0 Å². The Kier molecular flexibility index (Phi) is 6.83. The average Bonchev–Trinajstić information content (AvgIpc) is 2.82. The minimum Gasteiger partial charge on any atom is -0.371 e. The summed E-state index contributed by atoms with van der Waals surface area (Å²) in [7, 11) is -3.41. The molecule has 2 aromatic rings. The molecule has 0 radical (unpaired) electrons. The third-order valence-electron chi connectivity index (χ3n) is 6.22. The number of sulfonamides is 1. The largest absolute Gasteiger partial charge is 0.371 e. The van der Waals surface area contributed by atoms with E-state index in [1.807, 2.05) is 12.1 Å². The fourth-order valence-electron chi connectivity index (χ4n) is 4.42. The fourth-order valence-corrected chi connectivity index (χ4v) is 5.41. The van der Waals surface area contributed by atoms with Gasteiger partial charge in [0.15, 0.2) is 0 Å². The van der Waals surface area contributed by atoms with E-state index in [-0.39, 0.29) is 0 Å². The summed E-state index contributed by atoms with van der Waals surface area (Å²) in [6, 6.07) is 9.10. The molecule has 2 amide bonds. The molecular weight excluding hydrogens is 442 g/mol. The van der Waals surface area contributed by atoms with Crippen LogP contribution in [0.3, 0.4) is 0 Å². The maximum absolute atomic E-state index is 12.4. The summed E-state index contributed by atoms with van der Waals surface area (Å²) in [5.41, 5.74) is 3.01. The first kappa shape index (κ1) is 23.0. The van der Waals surface area contributed by atoms with E-state index in [0.29, 0.717) is 30.4 Å². The minimum absolute atomic E-state index is 0.312. The van der Waals surface area contributed by atoms with Crippen LogP contribution in [-0.4, -0.2) is 57.7 Å². The van der Waals surface area contributed by atoms with Gasteiger partial charge in [-0.3, -0.25) is 18.9 Å². The molecule has 3 heterocycles. The van der Waals surface area contributed by atoms with Crippen LogP contribution in [0.1, 0.15) is 24.8 Å². The topological polar surface area (TPSA) is 112 Å². The van der Waals surface area contributed by atoms with Crippen molar-refractivity contribution in [3.05, 3.63) is 48.3 Å². The highest BCUT2D eigenvalue weighted by Gasteiger charge is 2.25. The van der Waals surface area contributed by atoms with Crippen LogP contribution in [0.15, 0.2) is 42.7 Å². The van der Waals surface area contributed by atoms with Gasteiger partial charge in [0.25, 0.3) is 0 Å². The number of anilines is 3. The Morgan fingerprint density at radius 3 is 2.48 bits per heavy atom. The predicted octanol–water partition coefficient (Wildman–Crippen LogP) is 1.77. The predicted molar refractivity (Wildman–Crippen MR) is 128 cm³/mol. The van der Waals surface area contributed by atoms with Crippen LogP contribution >= 0.6 is 0 Å². The number of hydrogen-bond acceptors (Lipinski definition) is 6. The molecule has 176 valence electrons. The van der Waals surface area contributed by atoms with Gasteiger partial charge in [-0.1, -0.05) is 6.07 Å². The van der Waals surface area contributed by atoms with Gasteiger partial charge in [-0.2, -0.15) is 0 Å². The standard InChI is InChI=1S/C23H29N5O4S/c1-33(31,32)28-12-2-3-18-4-5-19(15-21(18)28)26-23(30)22(29)25-16-17-8-13-27(14-9-17)20-6-10-24-11-7-20/h4-7,10-11,15,17H,2-3,8-9,12-14,16H2,1H3,(H,25,29)(H,26,30). The van der Waals surface area contributed by atoms with Crippen molar-refractivity contribution >= 4 is 38.9 Å². The van der Waals surface area contributed by atoms with Crippen LogP contribution in [0.2, 0.25) is 0 Å². The highest BCUT2D eigenvalue weighted by Crippen LogP contribution is 2.31. The second kappa shape index (κ2) is 9.78. The maximum atomic E-state index is 12.4. The summed E-state index contributed by atoms with van der Waals surface area (Å²) in [5.74, 6) is -1.14. The quantitative estimate of drug-likeness (QED) is 0.643. The van der Waals surface area contributed by atoms with Crippen LogP contribution in [0.4, 0.5) is 17.1 Å². The smallest absolute Gasteiger partial charge is 0.313 e. The van der Waals surface area contributed by atoms with Crippen LogP contribution in [0.25, 0.3) is 0 Å². The molecule has 33 heavy (non-hydrogen) atoms. The SMILES string of the molecule is CS(=O)(=O)N1CCCc2ccc(NC(=O)C(=O)NCC3CCN(c4ccncc4)CC3)cc21. The molecule has 2 aliphatic heterocycles. The molecule has 10 heteroatoms. The minimum atomic E-state index is -3.41. The maximum Gasteiger partial charge on any atom is 0.313 e. The average molecular weight is 472 g/mol. The van der Waals surface area contributed by atoms with Gasteiger partial charge >= 0.3 is 11.8 Å². The lowest BCUT2D eigenvalue weighted by molar-refractivity contribution is -0.136. The molecule has 4 rings (SSSR count). The van der Waals surface area contributed by atoms with Crippen LogP contribution in [-0.2, 0) is 26.0 Å². The monoisotopic (exact) mass is 471 g/mol. The lowest BCUT2D eigenvalue weighted by atomic mass is 9.96. The zero-order valence-corrected chi connectivity index (χ0v) is 19.5. The van der Waals surface area contributed by atoms with Crippen molar-refractivity contribution in [3.8, 4) is 0 Å². The van der Waals surface area contributed by atoms with Crippen molar-refractivity contribution in [2.24, 2.45) is 5.92 Å². The van der Waals surface area contributed by atoms with E-state index < -0.39 is 21.8 Å². The van der Waals surface area contributed by atoms with Crippen LogP contribution < -0.4 is 19.8 Å². The molecule has 2 aliphatic rings. The molecule has 1 fully saturated rings. The molecule has 0 unspecified atom stereocenters. The number of amides is 2. The van der Waals surface area contributed by atoms with Gasteiger partial charge in [0.2, 0.25) is 10.0 Å². The second-order valence-electron chi connectivity index (χ2n) is 8.58. The fraction of sp³-hybridized carbons (Fsp3) is 0.435. The molecule has 0 saturated carbocycles. The summed E-state index contributed by atoms with van der Waals surface area (Å²) in [4.78, 5) is 31.1. The summed E-state index contributed by atoms with van der Waals surface area (Å²) in [5, 5.41) is 5.33. The van der Waals surface area contributed by atoms with Gasteiger partial charge in [-0.05, 0) is 61.4 Å². The van der Waals surface area contributed by atoms with Crippen molar-refractivity contribution < 1.29 is 18.0 Å². The van der Waals surface area contributed by atoms with Crippen LogP contribution in [0, 0.1) is 5.92 Å². The number of nitrogens with zero attached hydrogens (tertiary/aromatic N) is 3. The number of benzene rings is 1. The van der Waals surface area contributed by atoms with E-state index in [1.54, 1.807) is 30.6 Å². The number of pyridine rings is 1. The molecule has 0 aliphatic carbocycles. The molecule has 1 saturated heterocycles. The second-order valence-corrected chi connectivity index (χ2v) is 10.5. The van der Waals surface area contributed by atoms with E-state index in [2.05, 4.69) is 20.5 Å². The summed E-state index contributed by atoms with van der Waals surface area (Å²) in [6.07, 6.45) is 8.10. The van der Waals surface area contributed by atoms with Crippen molar-refractivity contribution in [2.45, 2.75) is 25.7 Å². The Balaban J connectivity index is 1.29. The third-order valence-corrected chi connectivity index (χ3v) is 7.40. The molecular formula is C23H29N5O4S. The number of carbonyl (C=O) groups excluding carboxylic acids is 2. The Morgan fingerprint density at radius 1 is 1.06 bits per heavy atom. The first-order chi connectivity index (χ1) is 15.8. The zero-order valence-electron chi connectivity index (χ0n) is 18.7. The third kappa shape index (κ3) is 5.62. The van der Waals surface area contributed by atoms with Gasteiger partial charge in [-0.15, -0.1) is 0 Å². The van der Waals surface area contributed by atoms with E-state index in [0.717, 1.165) is 50.0 Å². The van der Waals surface area contributed by atoms with Gasteiger partial charge in [0.1, 0.15) is 0 Å². The normalized spacial score (nSPS) is 16.8. The van der Waals surface area contributed by atoms with Gasteiger partial charge in [0.05, 0.1) is 11.9 Å². The Hall–Kier alpha value is -3.14. The molecule has 2 N–H and O–H groups in total. The Morgan fingerprint density at radius 2 is 1.79 bits per heavy atom. The van der Waals surface area contributed by atoms with Crippen molar-refractivity contribution in [1.82, 2.24) is 10.3 Å². The van der Waals surface area contributed by atoms with Gasteiger partial charge in [0, 0.05) is 49.9 Å². The number of fused-ring (bicyclic) bond motifs is 1. The number of hydrogen-bond donors (Lipinski definition) is 2. The first-order valence-electron chi connectivity index (χ1n) is 11.2. The lowest BCUT2D eigenvalue weighted by Gasteiger charge is -2.33. The summed E-state index contributed by atoms with van der Waals surface area (Å²) >= 11 is 0. The number of nitrogens with one attached hydrogen (secondary N) is 2. The van der Waals surface area contributed by atoms with E-state index in [1.165, 1.54) is 10.6 Å². The van der Waals surface area contributed by atoms with Gasteiger partial charge < -0.3 is 15.5 Å². The number of carbonyl (C=O) groups is 2. The first-order valence-corrected chi connectivity index (χ1v) is 13.0. The zero-order chi connectivity index (χ0) is 23.4. The molecule has 0 bridgehead atoms. The number of aromatic nitrogens is 1. The molecule has 0 spiro atoms. The number of aryl methyl sites for hydroxylation is 1. The van der Waals surface area contributed by atoms with Crippen molar-refractivity contribution in [1.29, 1.82) is 0 Å². The van der Waals surface area contributed by atoms with E-state index in [9.17, 15) is 18.0 Å². The molecule has 0 atom stereocenters. The van der Waals surface area contributed by atoms with Crippen molar-refractivity contribution in [3.63, 3.8) is 0 Å². The van der Waals surface area contributed by atoms with E-state index in [4.69, 9.17) is 0 Å².